The second-order valence-corrected chi connectivity index (χ2v) is 10.2. The van der Waals surface area contributed by atoms with Crippen molar-refractivity contribution in [3.8, 4) is 0 Å². The average Bonchev–Trinajstić information content (AvgIpc) is 3.68. The number of benzene rings is 2. The van der Waals surface area contributed by atoms with Crippen molar-refractivity contribution in [2.24, 2.45) is 5.92 Å². The topological polar surface area (TPSA) is 70.5 Å². The molecule has 1 atom stereocenters. The van der Waals surface area contributed by atoms with Crippen LogP contribution in [-0.4, -0.2) is 41.1 Å². The van der Waals surface area contributed by atoms with Gasteiger partial charge in [-0.25, -0.2) is 4.98 Å². The Kier molecular flexibility index (Phi) is 6.47. The molecule has 0 saturated heterocycles. The van der Waals surface area contributed by atoms with E-state index in [4.69, 9.17) is 28.2 Å². The summed E-state index contributed by atoms with van der Waals surface area (Å²) < 4.78 is 1.56. The molecule has 1 fully saturated rings. The van der Waals surface area contributed by atoms with Gasteiger partial charge in [-0.05, 0) is 60.7 Å². The summed E-state index contributed by atoms with van der Waals surface area (Å²) in [5, 5.41) is 6.55. The maximum atomic E-state index is 13.6. The van der Waals surface area contributed by atoms with Crippen LogP contribution >= 0.6 is 23.2 Å². The van der Waals surface area contributed by atoms with Gasteiger partial charge in [0.05, 0.1) is 23.8 Å². The van der Waals surface area contributed by atoms with Gasteiger partial charge in [-0.1, -0.05) is 35.3 Å². The molecule has 5 rings (SSSR count). The summed E-state index contributed by atoms with van der Waals surface area (Å²) in [5.41, 5.74) is 2.79. The third-order valence-corrected chi connectivity index (χ3v) is 7.10. The Morgan fingerprint density at radius 2 is 1.69 bits per heavy atom. The van der Waals surface area contributed by atoms with Crippen molar-refractivity contribution in [3.05, 3.63) is 91.3 Å². The molecular weight excluding hydrogens is 485 g/mol. The molecule has 1 unspecified atom stereocenters. The van der Waals surface area contributed by atoms with Gasteiger partial charge in [-0.2, -0.15) is 4.68 Å². The molecule has 2 aliphatic rings. The van der Waals surface area contributed by atoms with Crippen LogP contribution in [0.15, 0.2) is 53.3 Å². The monoisotopic (exact) mass is 511 g/mol. The number of nitrogens with zero attached hydrogens (tertiary/aromatic N) is 4. The van der Waals surface area contributed by atoms with E-state index in [2.05, 4.69) is 5.32 Å². The van der Waals surface area contributed by atoms with Crippen LogP contribution < -0.4 is 15.9 Å². The molecular formula is C26H27Cl2N5O2. The van der Waals surface area contributed by atoms with Gasteiger partial charge in [0, 0.05) is 42.7 Å². The summed E-state index contributed by atoms with van der Waals surface area (Å²) in [5.74, 6) is 0.872. The van der Waals surface area contributed by atoms with Crippen LogP contribution in [0, 0.1) is 5.92 Å². The lowest BCUT2D eigenvalue weighted by atomic mass is 10.0. The molecule has 1 aromatic heterocycles. The first-order valence-corrected chi connectivity index (χ1v) is 12.5. The molecule has 35 heavy (non-hydrogen) atoms. The second kappa shape index (κ2) is 9.55. The standard InChI is InChI=1S/C26H27Cl2N5O2/c1-31(2)33-25(35)21-15-32(24(34)18-7-11-20(28)12-8-18)14-13-22(21)29-26(33)30-23(16-3-4-16)17-5-9-19(27)10-6-17/h5-12,16,23H,3-4,13-15H2,1-2H3,(H,29,30). The van der Waals surface area contributed by atoms with Crippen molar-refractivity contribution in [3.63, 3.8) is 0 Å². The van der Waals surface area contributed by atoms with Crippen molar-refractivity contribution in [2.45, 2.75) is 31.8 Å². The van der Waals surface area contributed by atoms with Crippen LogP contribution in [0.4, 0.5) is 5.95 Å². The first kappa shape index (κ1) is 23.7. The molecule has 9 heteroatoms. The van der Waals surface area contributed by atoms with E-state index < -0.39 is 0 Å². The van der Waals surface area contributed by atoms with E-state index in [1.165, 1.54) is 0 Å². The molecule has 0 spiro atoms. The second-order valence-electron chi connectivity index (χ2n) is 9.32. The first-order chi connectivity index (χ1) is 16.8. The van der Waals surface area contributed by atoms with Crippen molar-refractivity contribution >= 4 is 35.1 Å². The van der Waals surface area contributed by atoms with Gasteiger partial charge in [-0.15, -0.1) is 0 Å². The molecule has 1 saturated carbocycles. The number of anilines is 1. The van der Waals surface area contributed by atoms with Gasteiger partial charge in [0.25, 0.3) is 11.5 Å². The molecule has 1 amide bonds. The van der Waals surface area contributed by atoms with Crippen molar-refractivity contribution < 1.29 is 4.79 Å². The fourth-order valence-electron chi connectivity index (χ4n) is 4.59. The lowest BCUT2D eigenvalue weighted by Gasteiger charge is -2.31. The van der Waals surface area contributed by atoms with Gasteiger partial charge in [0.15, 0.2) is 0 Å². The first-order valence-electron chi connectivity index (χ1n) is 11.7. The van der Waals surface area contributed by atoms with Crippen LogP contribution in [0.5, 0.6) is 0 Å². The molecule has 182 valence electrons. The molecule has 1 N–H and O–H groups in total. The number of nitrogens with one attached hydrogen (secondary N) is 1. The van der Waals surface area contributed by atoms with Crippen molar-refractivity contribution in [1.29, 1.82) is 0 Å². The smallest absolute Gasteiger partial charge is 0.278 e. The predicted octanol–water partition coefficient (Wildman–Crippen LogP) is 4.51. The maximum Gasteiger partial charge on any atom is 0.278 e. The lowest BCUT2D eigenvalue weighted by molar-refractivity contribution is 0.0732. The highest BCUT2D eigenvalue weighted by Crippen LogP contribution is 2.43. The zero-order chi connectivity index (χ0) is 24.7. The quantitative estimate of drug-likeness (QED) is 0.527. The Morgan fingerprint density at radius 3 is 2.29 bits per heavy atom. The van der Waals surface area contributed by atoms with Crippen molar-refractivity contribution in [1.82, 2.24) is 14.6 Å². The number of fused-ring (bicyclic) bond motifs is 1. The van der Waals surface area contributed by atoms with E-state index in [0.717, 1.165) is 24.1 Å². The van der Waals surface area contributed by atoms with Gasteiger partial charge in [0.2, 0.25) is 5.95 Å². The summed E-state index contributed by atoms with van der Waals surface area (Å²) in [7, 11) is 3.63. The SMILES string of the molecule is CN(C)n1c(NC(c2ccc(Cl)cc2)C2CC2)nc2c(c1=O)CN(C(=O)c1ccc(Cl)cc1)CC2. The highest BCUT2D eigenvalue weighted by molar-refractivity contribution is 6.30. The average molecular weight is 512 g/mol. The molecule has 1 aliphatic carbocycles. The highest BCUT2D eigenvalue weighted by atomic mass is 35.5. The van der Waals surface area contributed by atoms with Crippen LogP contribution in [0.25, 0.3) is 0 Å². The molecule has 2 aromatic carbocycles. The largest absolute Gasteiger partial charge is 0.347 e. The predicted molar refractivity (Wildman–Crippen MR) is 139 cm³/mol. The highest BCUT2D eigenvalue weighted by Gasteiger charge is 2.34. The van der Waals surface area contributed by atoms with E-state index in [-0.39, 0.29) is 24.1 Å². The zero-order valence-corrected chi connectivity index (χ0v) is 21.2. The van der Waals surface area contributed by atoms with Gasteiger partial charge in [0.1, 0.15) is 0 Å². The molecule has 1 aliphatic heterocycles. The number of carbonyl (C=O) groups is 1. The Balaban J connectivity index is 1.46. The summed E-state index contributed by atoms with van der Waals surface area (Å²) in [6.07, 6.45) is 2.76. The van der Waals surface area contributed by atoms with Gasteiger partial charge >= 0.3 is 0 Å². The van der Waals surface area contributed by atoms with E-state index in [9.17, 15) is 9.59 Å². The Hall–Kier alpha value is -3.03. The Bertz CT molecular complexity index is 1300. The molecule has 0 radical (unpaired) electrons. The summed E-state index contributed by atoms with van der Waals surface area (Å²) >= 11 is 12.1. The maximum absolute atomic E-state index is 13.6. The number of rotatable bonds is 6. The Morgan fingerprint density at radius 1 is 1.06 bits per heavy atom. The van der Waals surface area contributed by atoms with E-state index >= 15 is 0 Å². The minimum atomic E-state index is -0.165. The summed E-state index contributed by atoms with van der Waals surface area (Å²) in [4.78, 5) is 33.3. The van der Waals surface area contributed by atoms with Crippen LogP contribution in [-0.2, 0) is 13.0 Å². The lowest BCUT2D eigenvalue weighted by Crippen LogP contribution is -2.45. The fraction of sp³-hybridized carbons (Fsp3) is 0.346. The molecule has 7 nitrogen and oxygen atoms in total. The Labute approximate surface area is 214 Å². The molecule has 0 bridgehead atoms. The van der Waals surface area contributed by atoms with E-state index in [1.807, 2.05) is 38.4 Å². The number of aromatic nitrogens is 2. The number of carbonyl (C=O) groups excluding carboxylic acids is 1. The number of hydrogen-bond acceptors (Lipinski definition) is 5. The van der Waals surface area contributed by atoms with E-state index in [1.54, 1.807) is 38.9 Å². The normalized spacial score (nSPS) is 15.9. The molecule has 2 heterocycles. The van der Waals surface area contributed by atoms with Crippen LogP contribution in [0.1, 0.15) is 46.1 Å². The molecule has 3 aromatic rings. The fourth-order valence-corrected chi connectivity index (χ4v) is 4.84. The van der Waals surface area contributed by atoms with Crippen molar-refractivity contribution in [2.75, 3.05) is 31.0 Å². The van der Waals surface area contributed by atoms with E-state index in [0.29, 0.717) is 46.0 Å². The van der Waals surface area contributed by atoms with Crippen LogP contribution in [0.3, 0.4) is 0 Å². The third-order valence-electron chi connectivity index (χ3n) is 6.59. The van der Waals surface area contributed by atoms with Gasteiger partial charge in [-0.3, -0.25) is 9.59 Å². The van der Waals surface area contributed by atoms with Crippen LogP contribution in [0.2, 0.25) is 10.0 Å². The number of amides is 1. The number of hydrogen-bond donors (Lipinski definition) is 1. The summed E-state index contributed by atoms with van der Waals surface area (Å²) in [6.45, 7) is 0.718. The zero-order valence-electron chi connectivity index (χ0n) is 19.7. The minimum absolute atomic E-state index is 0.0370. The third kappa shape index (κ3) is 4.88. The number of halogens is 2. The minimum Gasteiger partial charge on any atom is -0.347 e. The summed E-state index contributed by atoms with van der Waals surface area (Å²) in [6, 6.07) is 14.7. The van der Waals surface area contributed by atoms with Gasteiger partial charge < -0.3 is 15.2 Å².